The van der Waals surface area contributed by atoms with Crippen LogP contribution in [0.15, 0.2) is 48.9 Å². The molecule has 5 nitrogen and oxygen atoms in total. The van der Waals surface area contributed by atoms with Gasteiger partial charge in [0, 0.05) is 30.5 Å². The fourth-order valence-electron chi connectivity index (χ4n) is 2.64. The summed E-state index contributed by atoms with van der Waals surface area (Å²) in [6, 6.07) is 10.3. The molecule has 0 aliphatic carbocycles. The Morgan fingerprint density at radius 2 is 2.05 bits per heavy atom. The molecule has 0 saturated carbocycles. The van der Waals surface area contributed by atoms with Crippen LogP contribution in [-0.2, 0) is 6.54 Å². The monoisotopic (exact) mass is 296 g/mol. The van der Waals surface area contributed by atoms with Gasteiger partial charge in [-0.15, -0.1) is 0 Å². The van der Waals surface area contributed by atoms with E-state index in [1.165, 1.54) is 5.56 Å². The summed E-state index contributed by atoms with van der Waals surface area (Å²) in [5, 5.41) is 0. The van der Waals surface area contributed by atoms with Crippen molar-refractivity contribution < 1.29 is 4.74 Å². The molecule has 0 spiro atoms. The highest BCUT2D eigenvalue weighted by molar-refractivity contribution is 5.36. The van der Waals surface area contributed by atoms with E-state index in [2.05, 4.69) is 34.9 Å². The summed E-state index contributed by atoms with van der Waals surface area (Å²) in [6.45, 7) is 2.96. The Labute approximate surface area is 130 Å². The predicted octanol–water partition coefficient (Wildman–Crippen LogP) is 2.93. The van der Waals surface area contributed by atoms with Gasteiger partial charge in [0.1, 0.15) is 5.75 Å². The van der Waals surface area contributed by atoms with Crippen LogP contribution in [0.25, 0.3) is 5.78 Å². The van der Waals surface area contributed by atoms with Crippen LogP contribution >= 0.6 is 0 Å². The summed E-state index contributed by atoms with van der Waals surface area (Å²) in [7, 11) is 3.81. The standard InChI is InChI=1S/C17H20N4O/c1-13(15-7-4-5-8-16(15)22-3)20(2)12-14-11-19-17-18-9-6-10-21(14)17/h4-11,13H,12H2,1-3H3. The lowest BCUT2D eigenvalue weighted by Gasteiger charge is -2.26. The number of fused-ring (bicyclic) bond motifs is 1. The van der Waals surface area contributed by atoms with E-state index in [1.807, 2.05) is 41.1 Å². The molecule has 0 saturated heterocycles. The molecule has 0 aliphatic heterocycles. The minimum Gasteiger partial charge on any atom is -0.496 e. The highest BCUT2D eigenvalue weighted by Gasteiger charge is 2.17. The second-order valence-corrected chi connectivity index (χ2v) is 5.37. The van der Waals surface area contributed by atoms with Crippen molar-refractivity contribution in [2.75, 3.05) is 14.2 Å². The van der Waals surface area contributed by atoms with E-state index in [0.29, 0.717) is 0 Å². The van der Waals surface area contributed by atoms with Crippen LogP contribution in [0, 0.1) is 0 Å². The number of para-hydroxylation sites is 1. The van der Waals surface area contributed by atoms with Crippen molar-refractivity contribution in [3.05, 3.63) is 60.2 Å². The molecule has 5 heteroatoms. The Balaban J connectivity index is 1.83. The number of methoxy groups -OCH3 is 1. The summed E-state index contributed by atoms with van der Waals surface area (Å²) in [5.41, 5.74) is 2.30. The van der Waals surface area contributed by atoms with Crippen LogP contribution in [0.5, 0.6) is 5.75 Å². The molecule has 0 amide bonds. The Morgan fingerprint density at radius 1 is 1.23 bits per heavy atom. The Morgan fingerprint density at radius 3 is 2.86 bits per heavy atom. The van der Waals surface area contributed by atoms with Crippen molar-refractivity contribution in [1.82, 2.24) is 19.3 Å². The van der Waals surface area contributed by atoms with Gasteiger partial charge in [-0.2, -0.15) is 0 Å². The average Bonchev–Trinajstić information content (AvgIpc) is 2.97. The summed E-state index contributed by atoms with van der Waals surface area (Å²) in [4.78, 5) is 10.9. The zero-order chi connectivity index (χ0) is 15.5. The van der Waals surface area contributed by atoms with Crippen LogP contribution in [0.4, 0.5) is 0 Å². The lowest BCUT2D eigenvalue weighted by atomic mass is 10.1. The molecule has 0 bridgehead atoms. The second-order valence-electron chi connectivity index (χ2n) is 5.37. The van der Waals surface area contributed by atoms with Gasteiger partial charge in [-0.3, -0.25) is 9.30 Å². The molecular weight excluding hydrogens is 276 g/mol. The van der Waals surface area contributed by atoms with Crippen molar-refractivity contribution in [1.29, 1.82) is 0 Å². The van der Waals surface area contributed by atoms with Crippen molar-refractivity contribution in [3.63, 3.8) is 0 Å². The quantitative estimate of drug-likeness (QED) is 0.726. The topological polar surface area (TPSA) is 42.7 Å². The Kier molecular flexibility index (Phi) is 4.06. The van der Waals surface area contributed by atoms with Crippen molar-refractivity contribution in [3.8, 4) is 5.75 Å². The summed E-state index contributed by atoms with van der Waals surface area (Å²) < 4.78 is 7.49. The predicted molar refractivity (Wildman–Crippen MR) is 85.9 cm³/mol. The number of benzene rings is 1. The first kappa shape index (κ1) is 14.5. The maximum atomic E-state index is 5.47. The third-order valence-electron chi connectivity index (χ3n) is 4.03. The first-order chi connectivity index (χ1) is 10.7. The molecule has 22 heavy (non-hydrogen) atoms. The molecule has 0 N–H and O–H groups in total. The molecule has 114 valence electrons. The maximum Gasteiger partial charge on any atom is 0.233 e. The van der Waals surface area contributed by atoms with E-state index >= 15 is 0 Å². The van der Waals surface area contributed by atoms with Crippen molar-refractivity contribution in [2.24, 2.45) is 0 Å². The van der Waals surface area contributed by atoms with E-state index < -0.39 is 0 Å². The number of hydrogen-bond acceptors (Lipinski definition) is 4. The maximum absolute atomic E-state index is 5.47. The molecule has 0 aliphatic rings. The van der Waals surface area contributed by atoms with Crippen LogP contribution in [-0.4, -0.2) is 33.4 Å². The Hall–Kier alpha value is -2.40. The number of ether oxygens (including phenoxy) is 1. The normalized spacial score (nSPS) is 12.7. The number of rotatable bonds is 5. The molecule has 2 heterocycles. The molecule has 0 radical (unpaired) electrons. The number of imidazole rings is 1. The van der Waals surface area contributed by atoms with Crippen molar-refractivity contribution in [2.45, 2.75) is 19.5 Å². The minimum atomic E-state index is 0.235. The van der Waals surface area contributed by atoms with Gasteiger partial charge < -0.3 is 4.74 Å². The van der Waals surface area contributed by atoms with Gasteiger partial charge in [0.15, 0.2) is 0 Å². The van der Waals surface area contributed by atoms with Gasteiger partial charge in [0.05, 0.1) is 19.0 Å². The summed E-state index contributed by atoms with van der Waals surface area (Å²) in [5.74, 6) is 1.65. The SMILES string of the molecule is COc1ccccc1C(C)N(C)Cc1cnc2ncccn12. The number of hydrogen-bond donors (Lipinski definition) is 0. The number of aromatic nitrogens is 3. The zero-order valence-electron chi connectivity index (χ0n) is 13.1. The molecule has 0 fully saturated rings. The first-order valence-electron chi connectivity index (χ1n) is 7.31. The lowest BCUT2D eigenvalue weighted by molar-refractivity contribution is 0.243. The van der Waals surface area contributed by atoms with E-state index in [0.717, 1.165) is 23.8 Å². The molecule has 1 aromatic carbocycles. The largest absolute Gasteiger partial charge is 0.496 e. The van der Waals surface area contributed by atoms with E-state index in [9.17, 15) is 0 Å². The molecule has 3 aromatic rings. The third-order valence-corrected chi connectivity index (χ3v) is 4.03. The van der Waals surface area contributed by atoms with Gasteiger partial charge in [0.25, 0.3) is 0 Å². The molecule has 1 unspecified atom stereocenters. The van der Waals surface area contributed by atoms with Crippen LogP contribution < -0.4 is 4.74 Å². The highest BCUT2D eigenvalue weighted by atomic mass is 16.5. The molecule has 2 aromatic heterocycles. The van der Waals surface area contributed by atoms with E-state index in [4.69, 9.17) is 4.74 Å². The van der Waals surface area contributed by atoms with Gasteiger partial charge in [-0.1, -0.05) is 18.2 Å². The zero-order valence-corrected chi connectivity index (χ0v) is 13.1. The Bertz CT molecular complexity index is 768. The minimum absolute atomic E-state index is 0.235. The summed E-state index contributed by atoms with van der Waals surface area (Å²) in [6.07, 6.45) is 5.63. The van der Waals surface area contributed by atoms with Gasteiger partial charge in [0.2, 0.25) is 5.78 Å². The van der Waals surface area contributed by atoms with Crippen molar-refractivity contribution >= 4 is 5.78 Å². The summed E-state index contributed by atoms with van der Waals surface area (Å²) >= 11 is 0. The first-order valence-corrected chi connectivity index (χ1v) is 7.31. The van der Waals surface area contributed by atoms with Gasteiger partial charge in [-0.05, 0) is 26.1 Å². The van der Waals surface area contributed by atoms with Crippen LogP contribution in [0.2, 0.25) is 0 Å². The third kappa shape index (κ3) is 2.67. The van der Waals surface area contributed by atoms with E-state index in [-0.39, 0.29) is 6.04 Å². The molecule has 3 rings (SSSR count). The van der Waals surface area contributed by atoms with Crippen LogP contribution in [0.1, 0.15) is 24.2 Å². The fourth-order valence-corrected chi connectivity index (χ4v) is 2.64. The second kappa shape index (κ2) is 6.15. The highest BCUT2D eigenvalue weighted by Crippen LogP contribution is 2.28. The smallest absolute Gasteiger partial charge is 0.233 e. The van der Waals surface area contributed by atoms with Gasteiger partial charge >= 0.3 is 0 Å². The molecular formula is C17H20N4O. The fraction of sp³-hybridized carbons (Fsp3) is 0.294. The lowest BCUT2D eigenvalue weighted by Crippen LogP contribution is -2.23. The average molecular weight is 296 g/mol. The van der Waals surface area contributed by atoms with E-state index in [1.54, 1.807) is 13.3 Å². The van der Waals surface area contributed by atoms with Crippen LogP contribution in [0.3, 0.4) is 0 Å². The number of nitrogens with zero attached hydrogens (tertiary/aromatic N) is 4. The molecule has 1 atom stereocenters. The van der Waals surface area contributed by atoms with Gasteiger partial charge in [-0.25, -0.2) is 9.97 Å².